The molecule has 0 saturated carbocycles. The van der Waals surface area contributed by atoms with Crippen molar-refractivity contribution in [1.29, 1.82) is 0 Å². The topological polar surface area (TPSA) is 55.1 Å². The molecule has 3 N–H and O–H groups in total. The van der Waals surface area contributed by atoms with Crippen molar-refractivity contribution in [2.45, 2.75) is 26.2 Å². The van der Waals surface area contributed by atoms with Gasteiger partial charge in [0.05, 0.1) is 0 Å². The first-order chi connectivity index (χ1) is 7.70. The van der Waals surface area contributed by atoms with E-state index in [9.17, 15) is 4.79 Å². The Balaban J connectivity index is 2.16. The lowest BCUT2D eigenvalue weighted by Crippen LogP contribution is -2.30. The fraction of sp³-hybridized carbons (Fsp3) is 0.462. The minimum absolute atomic E-state index is 0.0952. The molecule has 3 nitrogen and oxygen atoms in total. The molecule has 1 aliphatic rings. The van der Waals surface area contributed by atoms with Gasteiger partial charge >= 0.3 is 0 Å². The molecule has 0 aromatic heterocycles. The molecule has 1 heterocycles. The van der Waals surface area contributed by atoms with Gasteiger partial charge in [0, 0.05) is 11.6 Å². The lowest BCUT2D eigenvalue weighted by molar-refractivity contribution is -0.120. The van der Waals surface area contributed by atoms with Gasteiger partial charge in [0.2, 0.25) is 5.91 Å². The Morgan fingerprint density at radius 3 is 3.06 bits per heavy atom. The molecular formula is C13H18N2O. The zero-order valence-electron chi connectivity index (χ0n) is 9.62. The number of benzene rings is 1. The van der Waals surface area contributed by atoms with Gasteiger partial charge in [-0.25, -0.2) is 0 Å². The van der Waals surface area contributed by atoms with Crippen LogP contribution < -0.4 is 11.1 Å². The minimum Gasteiger partial charge on any atom is -0.330 e. The summed E-state index contributed by atoms with van der Waals surface area (Å²) < 4.78 is 0. The van der Waals surface area contributed by atoms with Crippen molar-refractivity contribution in [2.24, 2.45) is 11.7 Å². The predicted octanol–water partition coefficient (Wildman–Crippen LogP) is 1.84. The number of hydrogen-bond acceptors (Lipinski definition) is 2. The molecule has 3 heteroatoms. The molecule has 0 radical (unpaired) electrons. The number of hydrogen-bond donors (Lipinski definition) is 2. The number of nitrogens with one attached hydrogen (secondary N) is 1. The third-order valence-corrected chi connectivity index (χ3v) is 3.11. The summed E-state index contributed by atoms with van der Waals surface area (Å²) in [5.41, 5.74) is 8.94. The quantitative estimate of drug-likeness (QED) is 0.813. The molecule has 0 bridgehead atoms. The van der Waals surface area contributed by atoms with E-state index in [4.69, 9.17) is 5.73 Å². The first-order valence-electron chi connectivity index (χ1n) is 5.81. The number of carbonyl (C=O) groups is 1. The summed E-state index contributed by atoms with van der Waals surface area (Å²) in [5.74, 6) is 0.239. The van der Waals surface area contributed by atoms with Crippen LogP contribution >= 0.6 is 0 Å². The zero-order valence-corrected chi connectivity index (χ0v) is 9.62. The van der Waals surface area contributed by atoms with Crippen molar-refractivity contribution < 1.29 is 4.79 Å². The number of anilines is 1. The summed E-state index contributed by atoms with van der Waals surface area (Å²) in [4.78, 5) is 11.8. The molecule has 1 unspecified atom stereocenters. The molecule has 0 spiro atoms. The summed E-state index contributed by atoms with van der Waals surface area (Å²) in [6.07, 6.45) is 2.65. The van der Waals surface area contributed by atoms with Crippen LogP contribution in [0.25, 0.3) is 0 Å². The molecule has 1 aromatic rings. The largest absolute Gasteiger partial charge is 0.330 e. The molecule has 0 saturated heterocycles. The number of aryl methyl sites for hydroxylation is 1. The fourth-order valence-corrected chi connectivity index (χ4v) is 2.20. The molecule has 1 aliphatic heterocycles. The molecule has 2 rings (SSSR count). The second kappa shape index (κ2) is 4.66. The van der Waals surface area contributed by atoms with Crippen LogP contribution in [0.5, 0.6) is 0 Å². The highest BCUT2D eigenvalue weighted by molar-refractivity contribution is 5.95. The van der Waals surface area contributed by atoms with E-state index < -0.39 is 0 Å². The van der Waals surface area contributed by atoms with Gasteiger partial charge in [-0.3, -0.25) is 4.79 Å². The maximum Gasteiger partial charge on any atom is 0.227 e. The number of amides is 1. The van der Waals surface area contributed by atoms with Gasteiger partial charge in [0.25, 0.3) is 0 Å². The molecular weight excluding hydrogens is 200 g/mol. The van der Waals surface area contributed by atoms with Gasteiger partial charge < -0.3 is 11.1 Å². The lowest BCUT2D eigenvalue weighted by Gasteiger charge is -2.24. The molecule has 0 fully saturated rings. The van der Waals surface area contributed by atoms with Crippen molar-refractivity contribution in [2.75, 3.05) is 11.9 Å². The highest BCUT2D eigenvalue weighted by Gasteiger charge is 2.25. The van der Waals surface area contributed by atoms with Gasteiger partial charge in [-0.2, -0.15) is 0 Å². The van der Waals surface area contributed by atoms with E-state index in [0.717, 1.165) is 24.9 Å². The second-order valence-electron chi connectivity index (χ2n) is 4.48. The maximum absolute atomic E-state index is 11.8. The van der Waals surface area contributed by atoms with Crippen molar-refractivity contribution in [3.63, 3.8) is 0 Å². The Morgan fingerprint density at radius 2 is 2.31 bits per heavy atom. The molecule has 1 amide bonds. The first kappa shape index (κ1) is 11.1. The zero-order chi connectivity index (χ0) is 11.5. The average Bonchev–Trinajstić information content (AvgIpc) is 2.27. The van der Waals surface area contributed by atoms with Crippen molar-refractivity contribution >= 4 is 11.6 Å². The minimum atomic E-state index is 0.0952. The van der Waals surface area contributed by atoms with Crippen molar-refractivity contribution in [3.8, 4) is 0 Å². The molecule has 0 aliphatic carbocycles. The van der Waals surface area contributed by atoms with E-state index >= 15 is 0 Å². The van der Waals surface area contributed by atoms with Crippen LogP contribution in [0.4, 0.5) is 5.69 Å². The Bertz CT molecular complexity index is 401. The van der Waals surface area contributed by atoms with E-state index in [1.807, 2.05) is 12.1 Å². The number of fused-ring (bicyclic) bond motifs is 1. The van der Waals surface area contributed by atoms with E-state index in [2.05, 4.69) is 18.3 Å². The van der Waals surface area contributed by atoms with Gasteiger partial charge in [0.15, 0.2) is 0 Å². The molecule has 1 atom stereocenters. The maximum atomic E-state index is 11.8. The molecule has 1 aromatic carbocycles. The third-order valence-electron chi connectivity index (χ3n) is 3.11. The summed E-state index contributed by atoms with van der Waals surface area (Å²) >= 11 is 0. The number of carbonyl (C=O) groups excluding carboxylic acids is 1. The first-order valence-corrected chi connectivity index (χ1v) is 5.81. The normalized spacial score (nSPS) is 19.1. The fourth-order valence-electron chi connectivity index (χ4n) is 2.20. The number of rotatable bonds is 3. The Kier molecular flexibility index (Phi) is 3.25. The lowest BCUT2D eigenvalue weighted by atomic mass is 9.89. The third kappa shape index (κ3) is 2.25. The average molecular weight is 218 g/mol. The highest BCUT2D eigenvalue weighted by atomic mass is 16.1. The van der Waals surface area contributed by atoms with E-state index in [-0.39, 0.29) is 11.8 Å². The van der Waals surface area contributed by atoms with Gasteiger partial charge in [-0.1, -0.05) is 17.7 Å². The predicted molar refractivity (Wildman–Crippen MR) is 65.3 cm³/mol. The van der Waals surface area contributed by atoms with Crippen LogP contribution in [0.1, 0.15) is 24.0 Å². The van der Waals surface area contributed by atoms with Crippen LogP contribution in [-0.4, -0.2) is 12.5 Å². The summed E-state index contributed by atoms with van der Waals surface area (Å²) in [6.45, 7) is 2.73. The monoisotopic (exact) mass is 218 g/mol. The van der Waals surface area contributed by atoms with Gasteiger partial charge in [0.1, 0.15) is 0 Å². The van der Waals surface area contributed by atoms with E-state index in [1.165, 1.54) is 11.1 Å². The highest BCUT2D eigenvalue weighted by Crippen LogP contribution is 2.28. The molecule has 86 valence electrons. The smallest absolute Gasteiger partial charge is 0.227 e. The Morgan fingerprint density at radius 1 is 1.50 bits per heavy atom. The van der Waals surface area contributed by atoms with Crippen molar-refractivity contribution in [1.82, 2.24) is 0 Å². The number of nitrogens with two attached hydrogens (primary N) is 1. The van der Waals surface area contributed by atoms with Crippen molar-refractivity contribution in [3.05, 3.63) is 29.3 Å². The van der Waals surface area contributed by atoms with Crippen LogP contribution in [0, 0.1) is 12.8 Å². The Hall–Kier alpha value is -1.35. The van der Waals surface area contributed by atoms with Crippen LogP contribution in [-0.2, 0) is 11.2 Å². The second-order valence-corrected chi connectivity index (χ2v) is 4.48. The molecule has 16 heavy (non-hydrogen) atoms. The summed E-state index contributed by atoms with van der Waals surface area (Å²) in [7, 11) is 0. The Labute approximate surface area is 96.0 Å². The summed E-state index contributed by atoms with van der Waals surface area (Å²) in [5, 5.41) is 2.97. The standard InChI is InChI=1S/C13H18N2O/c1-9-4-5-12-11(7-9)8-10(3-2-6-14)13(16)15-12/h4-5,7,10H,2-3,6,8,14H2,1H3,(H,15,16). The SMILES string of the molecule is Cc1ccc2c(c1)CC(CCCN)C(=O)N2. The van der Waals surface area contributed by atoms with E-state index in [1.54, 1.807) is 0 Å². The summed E-state index contributed by atoms with van der Waals surface area (Å²) in [6, 6.07) is 6.17. The van der Waals surface area contributed by atoms with Crippen LogP contribution in [0.3, 0.4) is 0 Å². The van der Waals surface area contributed by atoms with E-state index in [0.29, 0.717) is 6.54 Å². The van der Waals surface area contributed by atoms with Crippen LogP contribution in [0.2, 0.25) is 0 Å². The van der Waals surface area contributed by atoms with Gasteiger partial charge in [-0.15, -0.1) is 0 Å². The van der Waals surface area contributed by atoms with Crippen LogP contribution in [0.15, 0.2) is 18.2 Å². The van der Waals surface area contributed by atoms with Gasteiger partial charge in [-0.05, 0) is 44.4 Å².